The summed E-state index contributed by atoms with van der Waals surface area (Å²) in [6.45, 7) is 5.93. The zero-order valence-corrected chi connectivity index (χ0v) is 10.7. The van der Waals surface area contributed by atoms with Gasteiger partial charge in [-0.2, -0.15) is 0 Å². The summed E-state index contributed by atoms with van der Waals surface area (Å²) >= 11 is 5.74. The Morgan fingerprint density at radius 3 is 2.81 bits per heavy atom. The molecular weight excluding hydrogens is 226 g/mol. The Bertz CT molecular complexity index is 331. The Labute approximate surface area is 101 Å². The van der Waals surface area contributed by atoms with E-state index in [9.17, 15) is 0 Å². The highest BCUT2D eigenvalue weighted by Crippen LogP contribution is 2.20. The van der Waals surface area contributed by atoms with Crippen LogP contribution in [0.5, 0.6) is 0 Å². The number of nitrogens with zero attached hydrogens (tertiary/aromatic N) is 2. The van der Waals surface area contributed by atoms with E-state index in [-0.39, 0.29) is 5.41 Å². The number of anilines is 1. The smallest absolute Gasteiger partial charge is 0.149 e. The molecule has 1 aromatic heterocycles. The SMILES string of the molecule is COCCC(C)(C)CNc1cncc(Cl)n1. The monoisotopic (exact) mass is 243 g/mol. The number of ether oxygens (including phenoxy) is 1. The van der Waals surface area contributed by atoms with Gasteiger partial charge in [-0.25, -0.2) is 4.98 Å². The second-order valence-corrected chi connectivity index (χ2v) is 4.87. The standard InChI is InChI=1S/C11H18ClN3O/c1-11(2,4-5-16-3)8-14-10-7-13-6-9(12)15-10/h6-7H,4-5,8H2,1-3H3,(H,14,15). The summed E-state index contributed by atoms with van der Waals surface area (Å²) in [5.74, 6) is 0.706. The maximum Gasteiger partial charge on any atom is 0.149 e. The van der Waals surface area contributed by atoms with E-state index in [0.29, 0.717) is 11.0 Å². The van der Waals surface area contributed by atoms with Gasteiger partial charge in [-0.05, 0) is 11.8 Å². The summed E-state index contributed by atoms with van der Waals surface area (Å²) in [5.41, 5.74) is 0.153. The van der Waals surface area contributed by atoms with Gasteiger partial charge in [0.15, 0.2) is 0 Å². The summed E-state index contributed by atoms with van der Waals surface area (Å²) < 4.78 is 5.07. The second kappa shape index (κ2) is 6.01. The Balaban J connectivity index is 2.44. The molecule has 0 fully saturated rings. The van der Waals surface area contributed by atoms with Crippen LogP contribution in [0.4, 0.5) is 5.82 Å². The first kappa shape index (κ1) is 13.2. The minimum Gasteiger partial charge on any atom is -0.385 e. The third-order valence-electron chi connectivity index (χ3n) is 2.34. The number of methoxy groups -OCH3 is 1. The normalized spacial score (nSPS) is 11.5. The van der Waals surface area contributed by atoms with Crippen LogP contribution in [0.15, 0.2) is 12.4 Å². The number of aromatic nitrogens is 2. The molecule has 16 heavy (non-hydrogen) atoms. The lowest BCUT2D eigenvalue weighted by atomic mass is 9.90. The quantitative estimate of drug-likeness (QED) is 0.834. The fourth-order valence-corrected chi connectivity index (χ4v) is 1.37. The second-order valence-electron chi connectivity index (χ2n) is 4.49. The number of rotatable bonds is 6. The van der Waals surface area contributed by atoms with Crippen molar-refractivity contribution in [2.24, 2.45) is 5.41 Å². The van der Waals surface area contributed by atoms with Gasteiger partial charge in [0, 0.05) is 20.3 Å². The Morgan fingerprint density at radius 1 is 1.44 bits per heavy atom. The van der Waals surface area contributed by atoms with Crippen LogP contribution in [0.3, 0.4) is 0 Å². The summed E-state index contributed by atoms with van der Waals surface area (Å²) in [6.07, 6.45) is 4.17. The highest BCUT2D eigenvalue weighted by Gasteiger charge is 2.17. The summed E-state index contributed by atoms with van der Waals surface area (Å²) in [7, 11) is 1.71. The third kappa shape index (κ3) is 4.77. The molecule has 0 aromatic carbocycles. The van der Waals surface area contributed by atoms with Gasteiger partial charge in [0.05, 0.1) is 12.4 Å². The molecule has 1 aromatic rings. The lowest BCUT2D eigenvalue weighted by molar-refractivity contribution is 0.157. The predicted molar refractivity (Wildman–Crippen MR) is 65.8 cm³/mol. The van der Waals surface area contributed by atoms with E-state index in [2.05, 4.69) is 29.1 Å². The molecule has 5 heteroatoms. The maximum absolute atomic E-state index is 5.74. The van der Waals surface area contributed by atoms with Crippen molar-refractivity contribution in [3.63, 3.8) is 0 Å². The van der Waals surface area contributed by atoms with E-state index >= 15 is 0 Å². The van der Waals surface area contributed by atoms with Crippen molar-refractivity contribution < 1.29 is 4.74 Å². The van der Waals surface area contributed by atoms with Crippen molar-refractivity contribution in [1.29, 1.82) is 0 Å². The van der Waals surface area contributed by atoms with Gasteiger partial charge >= 0.3 is 0 Å². The lowest BCUT2D eigenvalue weighted by Crippen LogP contribution is -2.25. The molecule has 0 saturated carbocycles. The summed E-state index contributed by atoms with van der Waals surface area (Å²) in [6, 6.07) is 0. The minimum atomic E-state index is 0.153. The largest absolute Gasteiger partial charge is 0.385 e. The maximum atomic E-state index is 5.74. The zero-order valence-electron chi connectivity index (χ0n) is 9.96. The van der Waals surface area contributed by atoms with Gasteiger partial charge in [-0.3, -0.25) is 4.98 Å². The first-order valence-corrected chi connectivity index (χ1v) is 5.62. The minimum absolute atomic E-state index is 0.153. The zero-order chi connectivity index (χ0) is 12.0. The fourth-order valence-electron chi connectivity index (χ4n) is 1.22. The van der Waals surface area contributed by atoms with E-state index in [1.54, 1.807) is 13.3 Å². The summed E-state index contributed by atoms with van der Waals surface area (Å²) in [4.78, 5) is 8.08. The topological polar surface area (TPSA) is 47.0 Å². The molecular formula is C11H18ClN3O. The molecule has 0 aliphatic heterocycles. The molecule has 0 aliphatic rings. The van der Waals surface area contributed by atoms with Gasteiger partial charge in [0.1, 0.15) is 11.0 Å². The molecule has 0 bridgehead atoms. The van der Waals surface area contributed by atoms with Gasteiger partial charge in [-0.15, -0.1) is 0 Å². The Kier molecular flexibility index (Phi) is 4.96. The summed E-state index contributed by atoms with van der Waals surface area (Å²) in [5, 5.41) is 3.62. The molecule has 0 amide bonds. The number of nitrogens with one attached hydrogen (secondary N) is 1. The van der Waals surface area contributed by atoms with Crippen molar-refractivity contribution in [1.82, 2.24) is 9.97 Å². The van der Waals surface area contributed by atoms with Crippen LogP contribution in [0.1, 0.15) is 20.3 Å². The van der Waals surface area contributed by atoms with Crippen molar-refractivity contribution in [2.75, 3.05) is 25.6 Å². The van der Waals surface area contributed by atoms with Crippen LogP contribution in [-0.4, -0.2) is 30.2 Å². The predicted octanol–water partition coefficient (Wildman–Crippen LogP) is 2.60. The molecule has 0 radical (unpaired) electrons. The first-order valence-electron chi connectivity index (χ1n) is 5.24. The molecule has 0 spiro atoms. The number of halogens is 1. The van der Waals surface area contributed by atoms with Crippen LogP contribution in [-0.2, 0) is 4.74 Å². The van der Waals surface area contributed by atoms with Crippen molar-refractivity contribution >= 4 is 17.4 Å². The van der Waals surface area contributed by atoms with E-state index in [1.807, 2.05) is 0 Å². The van der Waals surface area contributed by atoms with Gasteiger partial charge in [0.2, 0.25) is 0 Å². The molecule has 1 rings (SSSR count). The van der Waals surface area contributed by atoms with Crippen LogP contribution >= 0.6 is 11.6 Å². The van der Waals surface area contributed by atoms with E-state index in [0.717, 1.165) is 19.6 Å². The number of hydrogen-bond donors (Lipinski definition) is 1. The average Bonchev–Trinajstić information content (AvgIpc) is 2.24. The van der Waals surface area contributed by atoms with Crippen LogP contribution in [0, 0.1) is 5.41 Å². The number of hydrogen-bond acceptors (Lipinski definition) is 4. The highest BCUT2D eigenvalue weighted by atomic mass is 35.5. The molecule has 0 atom stereocenters. The fraction of sp³-hybridized carbons (Fsp3) is 0.636. The van der Waals surface area contributed by atoms with Crippen LogP contribution in [0.2, 0.25) is 5.15 Å². The molecule has 1 N–H and O–H groups in total. The average molecular weight is 244 g/mol. The van der Waals surface area contributed by atoms with E-state index in [1.165, 1.54) is 6.20 Å². The highest BCUT2D eigenvalue weighted by molar-refractivity contribution is 6.29. The van der Waals surface area contributed by atoms with Gasteiger partial charge in [0.25, 0.3) is 0 Å². The van der Waals surface area contributed by atoms with E-state index in [4.69, 9.17) is 16.3 Å². The van der Waals surface area contributed by atoms with E-state index < -0.39 is 0 Å². The van der Waals surface area contributed by atoms with Crippen LogP contribution < -0.4 is 5.32 Å². The molecule has 90 valence electrons. The van der Waals surface area contributed by atoms with Crippen molar-refractivity contribution in [2.45, 2.75) is 20.3 Å². The van der Waals surface area contributed by atoms with Crippen molar-refractivity contribution in [3.05, 3.63) is 17.5 Å². The molecule has 0 saturated heterocycles. The third-order valence-corrected chi connectivity index (χ3v) is 2.52. The first-order chi connectivity index (χ1) is 7.53. The van der Waals surface area contributed by atoms with Gasteiger partial charge in [-0.1, -0.05) is 25.4 Å². The Hall–Kier alpha value is -0.870. The van der Waals surface area contributed by atoms with Crippen LogP contribution in [0.25, 0.3) is 0 Å². The molecule has 0 unspecified atom stereocenters. The van der Waals surface area contributed by atoms with Crippen molar-refractivity contribution in [3.8, 4) is 0 Å². The molecule has 0 aliphatic carbocycles. The molecule has 1 heterocycles. The Morgan fingerprint density at radius 2 is 2.19 bits per heavy atom. The van der Waals surface area contributed by atoms with Gasteiger partial charge < -0.3 is 10.1 Å². The molecule has 4 nitrogen and oxygen atoms in total. The lowest BCUT2D eigenvalue weighted by Gasteiger charge is -2.24.